The molecule has 1 aromatic carbocycles. The molecule has 1 saturated heterocycles. The standard InChI is InChI=1S/C21H27N5O3S/c27-20-5-1-13-25(20)14-3-11-22-21(23-12-10-19-4-2-15-30-19)24-16-17-6-8-18(9-7-17)26(28)29/h2,4,6-9,15H,1,3,5,10-14,16H2,(H2,22,23,24). The second kappa shape index (κ2) is 11.3. The lowest BCUT2D eigenvalue weighted by Gasteiger charge is -2.17. The van der Waals surface area contributed by atoms with Crippen LogP contribution < -0.4 is 10.6 Å². The normalized spacial score (nSPS) is 14.2. The zero-order valence-corrected chi connectivity index (χ0v) is 17.7. The van der Waals surface area contributed by atoms with Crippen molar-refractivity contribution >= 4 is 28.9 Å². The van der Waals surface area contributed by atoms with E-state index in [1.807, 2.05) is 11.0 Å². The Bertz CT molecular complexity index is 852. The molecule has 30 heavy (non-hydrogen) atoms. The highest BCUT2D eigenvalue weighted by atomic mass is 32.1. The topological polar surface area (TPSA) is 99.9 Å². The summed E-state index contributed by atoms with van der Waals surface area (Å²) in [5.74, 6) is 0.953. The fourth-order valence-corrected chi connectivity index (χ4v) is 3.95. The van der Waals surface area contributed by atoms with Crippen molar-refractivity contribution in [1.82, 2.24) is 15.5 Å². The van der Waals surface area contributed by atoms with E-state index in [0.29, 0.717) is 18.9 Å². The predicted octanol–water partition coefficient (Wildman–Crippen LogP) is 2.95. The third kappa shape index (κ3) is 6.84. The Morgan fingerprint density at radius 1 is 1.20 bits per heavy atom. The van der Waals surface area contributed by atoms with Gasteiger partial charge in [0, 0.05) is 49.6 Å². The molecule has 9 heteroatoms. The molecule has 0 atom stereocenters. The first-order chi connectivity index (χ1) is 14.6. The lowest BCUT2D eigenvalue weighted by Crippen LogP contribution is -2.40. The number of nitro benzene ring substituents is 1. The number of nitrogens with one attached hydrogen (secondary N) is 2. The summed E-state index contributed by atoms with van der Waals surface area (Å²) >= 11 is 1.73. The van der Waals surface area contributed by atoms with Crippen LogP contribution in [0.2, 0.25) is 0 Å². The number of carbonyl (C=O) groups excluding carboxylic acids is 1. The number of benzene rings is 1. The molecular formula is C21H27N5O3S. The van der Waals surface area contributed by atoms with E-state index in [9.17, 15) is 14.9 Å². The highest BCUT2D eigenvalue weighted by molar-refractivity contribution is 7.09. The van der Waals surface area contributed by atoms with Gasteiger partial charge in [-0.25, -0.2) is 4.99 Å². The van der Waals surface area contributed by atoms with Crippen molar-refractivity contribution in [1.29, 1.82) is 0 Å². The number of rotatable bonds is 10. The van der Waals surface area contributed by atoms with Crippen LogP contribution in [0, 0.1) is 10.1 Å². The van der Waals surface area contributed by atoms with Crippen LogP contribution >= 0.6 is 11.3 Å². The largest absolute Gasteiger partial charge is 0.356 e. The highest BCUT2D eigenvalue weighted by Gasteiger charge is 2.18. The van der Waals surface area contributed by atoms with Gasteiger partial charge in [-0.1, -0.05) is 18.2 Å². The van der Waals surface area contributed by atoms with Crippen LogP contribution in [0.4, 0.5) is 5.69 Å². The maximum absolute atomic E-state index is 11.7. The van der Waals surface area contributed by atoms with Gasteiger partial charge in [-0.15, -0.1) is 11.3 Å². The van der Waals surface area contributed by atoms with Crippen molar-refractivity contribution in [2.75, 3.05) is 26.2 Å². The quantitative estimate of drug-likeness (QED) is 0.199. The van der Waals surface area contributed by atoms with E-state index in [4.69, 9.17) is 0 Å². The Labute approximate surface area is 180 Å². The van der Waals surface area contributed by atoms with Crippen LogP contribution in [0.1, 0.15) is 29.7 Å². The first-order valence-corrected chi connectivity index (χ1v) is 11.1. The van der Waals surface area contributed by atoms with Crippen LogP contribution in [0.25, 0.3) is 0 Å². The molecular weight excluding hydrogens is 402 g/mol. The maximum Gasteiger partial charge on any atom is 0.269 e. The van der Waals surface area contributed by atoms with Gasteiger partial charge in [0.2, 0.25) is 5.91 Å². The molecule has 1 amide bonds. The molecule has 8 nitrogen and oxygen atoms in total. The van der Waals surface area contributed by atoms with Crippen LogP contribution in [0.3, 0.4) is 0 Å². The number of hydrogen-bond acceptors (Lipinski definition) is 5. The highest BCUT2D eigenvalue weighted by Crippen LogP contribution is 2.13. The SMILES string of the molecule is O=C1CCCN1CCCNC(=NCc1ccc([N+](=O)[O-])cc1)NCCc1cccs1. The van der Waals surface area contributed by atoms with E-state index in [1.54, 1.807) is 23.5 Å². The minimum atomic E-state index is -0.405. The van der Waals surface area contributed by atoms with Crippen molar-refractivity contribution in [2.45, 2.75) is 32.2 Å². The van der Waals surface area contributed by atoms with E-state index in [-0.39, 0.29) is 11.6 Å². The molecule has 0 saturated carbocycles. The summed E-state index contributed by atoms with van der Waals surface area (Å²) < 4.78 is 0. The molecule has 0 radical (unpaired) electrons. The van der Waals surface area contributed by atoms with Crippen molar-refractivity contribution in [2.24, 2.45) is 4.99 Å². The summed E-state index contributed by atoms with van der Waals surface area (Å²) in [7, 11) is 0. The number of non-ortho nitro benzene ring substituents is 1. The lowest BCUT2D eigenvalue weighted by molar-refractivity contribution is -0.384. The number of likely N-dealkylation sites (tertiary alicyclic amines) is 1. The third-order valence-corrected chi connectivity index (χ3v) is 5.82. The summed E-state index contributed by atoms with van der Waals surface area (Å²) in [5.41, 5.74) is 0.981. The molecule has 1 aromatic heterocycles. The minimum Gasteiger partial charge on any atom is -0.356 e. The second-order valence-electron chi connectivity index (χ2n) is 7.11. The Kier molecular flexibility index (Phi) is 8.20. The van der Waals surface area contributed by atoms with E-state index in [2.05, 4.69) is 27.1 Å². The van der Waals surface area contributed by atoms with Crippen molar-refractivity contribution in [3.05, 3.63) is 62.3 Å². The molecule has 3 rings (SSSR count). The van der Waals surface area contributed by atoms with Gasteiger partial charge in [0.25, 0.3) is 5.69 Å². The first kappa shape index (κ1) is 21.8. The predicted molar refractivity (Wildman–Crippen MR) is 119 cm³/mol. The Morgan fingerprint density at radius 2 is 2.00 bits per heavy atom. The van der Waals surface area contributed by atoms with Gasteiger partial charge in [0.15, 0.2) is 5.96 Å². The van der Waals surface area contributed by atoms with Crippen molar-refractivity contribution in [3.8, 4) is 0 Å². The van der Waals surface area contributed by atoms with E-state index >= 15 is 0 Å². The van der Waals surface area contributed by atoms with E-state index in [0.717, 1.165) is 51.0 Å². The lowest BCUT2D eigenvalue weighted by atomic mass is 10.2. The molecule has 1 fully saturated rings. The number of nitrogens with zero attached hydrogens (tertiary/aromatic N) is 3. The monoisotopic (exact) mass is 429 g/mol. The smallest absolute Gasteiger partial charge is 0.269 e. The summed E-state index contributed by atoms with van der Waals surface area (Å²) in [4.78, 5) is 29.9. The molecule has 1 aliphatic rings. The number of amides is 1. The fourth-order valence-electron chi connectivity index (χ4n) is 3.24. The Morgan fingerprint density at radius 3 is 2.67 bits per heavy atom. The molecule has 0 spiro atoms. The number of hydrogen-bond donors (Lipinski definition) is 2. The van der Waals surface area contributed by atoms with Gasteiger partial charge >= 0.3 is 0 Å². The molecule has 0 unspecified atom stereocenters. The van der Waals surface area contributed by atoms with Crippen molar-refractivity contribution < 1.29 is 9.72 Å². The minimum absolute atomic E-state index is 0.0756. The van der Waals surface area contributed by atoms with Crippen LogP contribution in [0.15, 0.2) is 46.8 Å². The van der Waals surface area contributed by atoms with Crippen LogP contribution in [0.5, 0.6) is 0 Å². The van der Waals surface area contributed by atoms with E-state index < -0.39 is 4.92 Å². The molecule has 0 bridgehead atoms. The average molecular weight is 430 g/mol. The van der Waals surface area contributed by atoms with Gasteiger partial charge in [-0.05, 0) is 36.3 Å². The zero-order valence-electron chi connectivity index (χ0n) is 16.9. The molecule has 1 aliphatic heterocycles. The van der Waals surface area contributed by atoms with Gasteiger partial charge in [-0.3, -0.25) is 14.9 Å². The summed E-state index contributed by atoms with van der Waals surface area (Å²) in [6, 6.07) is 10.6. The zero-order chi connectivity index (χ0) is 21.2. The third-order valence-electron chi connectivity index (χ3n) is 4.88. The fraction of sp³-hybridized carbons (Fsp3) is 0.429. The number of guanidine groups is 1. The van der Waals surface area contributed by atoms with Gasteiger partial charge in [0.05, 0.1) is 11.5 Å². The molecule has 160 valence electrons. The summed E-state index contributed by atoms with van der Waals surface area (Å²) in [5, 5.41) is 19.5. The van der Waals surface area contributed by atoms with Crippen LogP contribution in [-0.2, 0) is 17.8 Å². The number of carbonyl (C=O) groups is 1. The van der Waals surface area contributed by atoms with Gasteiger partial charge in [0.1, 0.15) is 0 Å². The Hall–Kier alpha value is -2.94. The summed E-state index contributed by atoms with van der Waals surface area (Å²) in [6.07, 6.45) is 3.39. The number of thiophene rings is 1. The molecule has 2 heterocycles. The summed E-state index contributed by atoms with van der Waals surface area (Å²) in [6.45, 7) is 3.53. The Balaban J connectivity index is 1.51. The molecule has 0 aliphatic carbocycles. The van der Waals surface area contributed by atoms with Crippen molar-refractivity contribution in [3.63, 3.8) is 0 Å². The van der Waals surface area contributed by atoms with E-state index in [1.165, 1.54) is 17.0 Å². The molecule has 2 aromatic rings. The van der Waals surface area contributed by atoms with Gasteiger partial charge < -0.3 is 15.5 Å². The second-order valence-corrected chi connectivity index (χ2v) is 8.14. The molecule has 2 N–H and O–H groups in total. The number of aliphatic imine (C=N–C) groups is 1. The maximum atomic E-state index is 11.7. The average Bonchev–Trinajstić information content (AvgIpc) is 3.41. The van der Waals surface area contributed by atoms with Crippen LogP contribution in [-0.4, -0.2) is 47.9 Å². The first-order valence-electron chi connectivity index (χ1n) is 10.2. The number of nitro groups is 1. The van der Waals surface area contributed by atoms with Gasteiger partial charge in [-0.2, -0.15) is 0 Å².